The molecule has 0 saturated heterocycles. The van der Waals surface area contributed by atoms with Gasteiger partial charge in [0.05, 0.1) is 7.11 Å². The van der Waals surface area contributed by atoms with E-state index in [0.717, 1.165) is 11.9 Å². The molecule has 0 aromatic rings. The number of amides is 4. The Morgan fingerprint density at radius 3 is 2.65 bits per heavy atom. The first-order valence-electron chi connectivity index (χ1n) is 4.81. The Balaban J connectivity index is 4.56. The van der Waals surface area contributed by atoms with Crippen molar-refractivity contribution in [3.8, 4) is 0 Å². The van der Waals surface area contributed by atoms with Gasteiger partial charge in [0.25, 0.3) is 0 Å². The summed E-state index contributed by atoms with van der Waals surface area (Å²) < 4.78 is 6.95. The van der Waals surface area contributed by atoms with Crippen molar-refractivity contribution in [3.05, 3.63) is 12.7 Å². The van der Waals surface area contributed by atoms with Gasteiger partial charge in [0.2, 0.25) is 0 Å². The van der Waals surface area contributed by atoms with Crippen molar-refractivity contribution in [3.63, 3.8) is 0 Å². The molecule has 0 radical (unpaired) electrons. The largest absolute Gasteiger partial charge is 0.468 e. The summed E-state index contributed by atoms with van der Waals surface area (Å²) in [4.78, 5) is 23.7. The number of methoxy groups -OCH3 is 1. The zero-order chi connectivity index (χ0) is 13.3. The van der Waals surface area contributed by atoms with Crippen molar-refractivity contribution in [1.82, 2.24) is 14.9 Å². The number of nitrogens with one attached hydrogen (secondary N) is 3. The minimum absolute atomic E-state index is 0.347. The van der Waals surface area contributed by atoms with E-state index in [0.29, 0.717) is 17.2 Å². The number of rotatable bonds is 4. The van der Waals surface area contributed by atoms with Crippen molar-refractivity contribution >= 4 is 30.0 Å². The lowest BCUT2D eigenvalue weighted by molar-refractivity contribution is 0.198. The van der Waals surface area contributed by atoms with Crippen molar-refractivity contribution < 1.29 is 14.3 Å². The third-order valence-electron chi connectivity index (χ3n) is 1.49. The van der Waals surface area contributed by atoms with Gasteiger partial charge in [-0.2, -0.15) is 4.90 Å². The van der Waals surface area contributed by atoms with Crippen LogP contribution in [0.2, 0.25) is 0 Å². The van der Waals surface area contributed by atoms with Crippen LogP contribution in [0, 0.1) is 5.41 Å². The lowest BCUT2D eigenvalue weighted by atomic mass is 10.6. The second-order valence-electron chi connectivity index (χ2n) is 2.69. The molecule has 3 N–H and O–H groups in total. The molecule has 0 unspecified atom stereocenters. The van der Waals surface area contributed by atoms with Crippen LogP contribution in [-0.4, -0.2) is 42.4 Å². The second kappa shape index (κ2) is 8.45. The predicted octanol–water partition coefficient (Wildman–Crippen LogP) is 1.14. The fraction of sp³-hybridized carbons (Fsp3) is 0.444. The van der Waals surface area contributed by atoms with Crippen LogP contribution >= 0.6 is 11.9 Å². The number of ether oxygens (including phenoxy) is 1. The van der Waals surface area contributed by atoms with Gasteiger partial charge in [-0.1, -0.05) is 6.08 Å². The summed E-state index contributed by atoms with van der Waals surface area (Å²) in [5.74, 6) is 0.495. The Hall–Kier alpha value is -1.70. The lowest BCUT2D eigenvalue weighted by Crippen LogP contribution is -2.50. The van der Waals surface area contributed by atoms with Gasteiger partial charge >= 0.3 is 18.1 Å². The summed E-state index contributed by atoms with van der Waals surface area (Å²) in [5, 5.41) is 9.77. The molecule has 0 aliphatic carbocycles. The minimum atomic E-state index is -0.741. The normalized spacial score (nSPS) is 9.06. The fourth-order valence-electron chi connectivity index (χ4n) is 0.806. The zero-order valence-corrected chi connectivity index (χ0v) is 10.6. The zero-order valence-electron chi connectivity index (χ0n) is 9.78. The third kappa shape index (κ3) is 5.25. The molecule has 7 nitrogen and oxygen atoms in total. The highest BCUT2D eigenvalue weighted by molar-refractivity contribution is 7.98. The first-order valence-corrected chi connectivity index (χ1v) is 5.80. The van der Waals surface area contributed by atoms with Gasteiger partial charge in [-0.3, -0.25) is 10.1 Å². The van der Waals surface area contributed by atoms with Crippen LogP contribution in [0.3, 0.4) is 0 Å². The summed E-state index contributed by atoms with van der Waals surface area (Å²) in [5.41, 5.74) is 0. The van der Waals surface area contributed by atoms with Crippen molar-refractivity contribution in [2.45, 2.75) is 6.92 Å². The number of urea groups is 2. The number of carbonyl (C=O) groups is 2. The van der Waals surface area contributed by atoms with E-state index in [-0.39, 0.29) is 0 Å². The molecule has 0 saturated carbocycles. The Labute approximate surface area is 104 Å². The van der Waals surface area contributed by atoms with E-state index in [1.807, 2.05) is 0 Å². The summed E-state index contributed by atoms with van der Waals surface area (Å²) in [7, 11) is 1.21. The number of imide groups is 1. The van der Waals surface area contributed by atoms with E-state index in [1.165, 1.54) is 7.11 Å². The monoisotopic (exact) mass is 260 g/mol. The van der Waals surface area contributed by atoms with E-state index in [2.05, 4.69) is 21.4 Å². The van der Waals surface area contributed by atoms with Crippen molar-refractivity contribution in [1.29, 1.82) is 5.41 Å². The van der Waals surface area contributed by atoms with E-state index in [1.54, 1.807) is 13.0 Å². The Bertz CT molecular complexity index is 309. The standard InChI is InChI=1S/C9H16N4O3S/c1-4-6-17-12-9(15)13(7(10)16-3)8(14)11-5-2/h4,10H,1,5-6H2,2-3H3,(H,11,14)(H,12,15). The van der Waals surface area contributed by atoms with Crippen LogP contribution in [-0.2, 0) is 4.74 Å². The highest BCUT2D eigenvalue weighted by atomic mass is 32.2. The first kappa shape index (κ1) is 15.3. The molecule has 0 aliphatic rings. The van der Waals surface area contributed by atoms with E-state index >= 15 is 0 Å². The molecule has 8 heteroatoms. The van der Waals surface area contributed by atoms with Gasteiger partial charge in [-0.05, 0) is 18.9 Å². The number of carbonyl (C=O) groups excluding carboxylic acids is 2. The average molecular weight is 260 g/mol. The predicted molar refractivity (Wildman–Crippen MR) is 66.8 cm³/mol. The first-order chi connectivity index (χ1) is 8.08. The maximum atomic E-state index is 11.6. The summed E-state index contributed by atoms with van der Waals surface area (Å²) in [6, 6.07) is -2.00. The molecule has 0 aliphatic heterocycles. The number of hydrogen-bond acceptors (Lipinski definition) is 5. The number of nitrogens with zero attached hydrogens (tertiary/aromatic N) is 1. The van der Waals surface area contributed by atoms with E-state index in [9.17, 15) is 9.59 Å². The van der Waals surface area contributed by atoms with Gasteiger partial charge in [-0.25, -0.2) is 9.59 Å². The quantitative estimate of drug-likeness (QED) is 0.232. The molecule has 0 atom stereocenters. The van der Waals surface area contributed by atoms with Crippen molar-refractivity contribution in [2.75, 3.05) is 19.4 Å². The maximum absolute atomic E-state index is 11.6. The smallest absolute Gasteiger partial charge is 0.343 e. The van der Waals surface area contributed by atoms with Crippen LogP contribution in [0.25, 0.3) is 0 Å². The van der Waals surface area contributed by atoms with Gasteiger partial charge in [0.15, 0.2) is 0 Å². The maximum Gasteiger partial charge on any atom is 0.343 e. The Morgan fingerprint density at radius 1 is 1.53 bits per heavy atom. The van der Waals surface area contributed by atoms with Gasteiger partial charge in [0, 0.05) is 12.3 Å². The molecular formula is C9H16N4O3S. The summed E-state index contributed by atoms with van der Waals surface area (Å²) >= 11 is 1.06. The third-order valence-corrected chi connectivity index (χ3v) is 2.21. The highest BCUT2D eigenvalue weighted by Gasteiger charge is 2.26. The minimum Gasteiger partial charge on any atom is -0.468 e. The van der Waals surface area contributed by atoms with E-state index < -0.39 is 18.1 Å². The van der Waals surface area contributed by atoms with Crippen LogP contribution in [0.5, 0.6) is 0 Å². The summed E-state index contributed by atoms with van der Waals surface area (Å²) in [6.45, 7) is 5.54. The number of hydrogen-bond donors (Lipinski definition) is 3. The van der Waals surface area contributed by atoms with Gasteiger partial charge in [-0.15, -0.1) is 6.58 Å². The molecule has 0 rings (SSSR count). The van der Waals surface area contributed by atoms with Crippen molar-refractivity contribution in [2.24, 2.45) is 0 Å². The molecule has 0 heterocycles. The molecule has 0 spiro atoms. The molecule has 0 fully saturated rings. The summed E-state index contributed by atoms with van der Waals surface area (Å²) in [6.07, 6.45) is 1.60. The van der Waals surface area contributed by atoms with Crippen LogP contribution in [0.15, 0.2) is 12.7 Å². The van der Waals surface area contributed by atoms with Crippen LogP contribution in [0.1, 0.15) is 6.92 Å². The van der Waals surface area contributed by atoms with Crippen LogP contribution in [0.4, 0.5) is 9.59 Å². The Morgan fingerprint density at radius 2 is 2.18 bits per heavy atom. The molecular weight excluding hydrogens is 244 g/mol. The highest BCUT2D eigenvalue weighted by Crippen LogP contribution is 1.99. The lowest BCUT2D eigenvalue weighted by Gasteiger charge is -2.19. The Kier molecular flexibility index (Phi) is 7.61. The topological polar surface area (TPSA) is 94.5 Å². The molecule has 4 amide bonds. The second-order valence-corrected chi connectivity index (χ2v) is 3.51. The van der Waals surface area contributed by atoms with Gasteiger partial charge in [0.1, 0.15) is 0 Å². The van der Waals surface area contributed by atoms with Crippen LogP contribution < -0.4 is 10.0 Å². The van der Waals surface area contributed by atoms with E-state index in [4.69, 9.17) is 5.41 Å². The molecule has 96 valence electrons. The SMILES string of the molecule is C=CCSNC(=O)N(C(=N)OC)C(=O)NCC. The molecule has 0 aromatic heterocycles. The molecule has 0 aromatic carbocycles. The number of amidine groups is 1. The fourth-order valence-corrected chi connectivity index (χ4v) is 1.22. The average Bonchev–Trinajstić information content (AvgIpc) is 2.29. The van der Waals surface area contributed by atoms with Gasteiger partial charge < -0.3 is 10.1 Å². The molecule has 17 heavy (non-hydrogen) atoms. The molecule has 0 bridgehead atoms.